The summed E-state index contributed by atoms with van der Waals surface area (Å²) in [4.78, 5) is 25.0. The van der Waals surface area contributed by atoms with Crippen LogP contribution in [0.15, 0.2) is 0 Å². The van der Waals surface area contributed by atoms with Crippen molar-refractivity contribution >= 4 is 11.9 Å². The van der Waals surface area contributed by atoms with Crippen LogP contribution in [0, 0.1) is 0 Å². The third-order valence-corrected chi connectivity index (χ3v) is 3.68. The Bertz CT molecular complexity index is 300. The van der Waals surface area contributed by atoms with Crippen LogP contribution >= 0.6 is 0 Å². The molecule has 96 valence electrons. The van der Waals surface area contributed by atoms with Gasteiger partial charge < -0.3 is 15.3 Å². The van der Waals surface area contributed by atoms with Crippen molar-refractivity contribution in [2.24, 2.45) is 0 Å². The Balaban J connectivity index is 2.02. The fourth-order valence-corrected chi connectivity index (χ4v) is 2.71. The van der Waals surface area contributed by atoms with Crippen LogP contribution in [0.2, 0.25) is 0 Å². The summed E-state index contributed by atoms with van der Waals surface area (Å²) in [6.45, 7) is 1.45. The molecule has 5 heteroatoms. The molecule has 0 radical (unpaired) electrons. The minimum absolute atomic E-state index is 0.0169. The molecule has 0 aromatic rings. The second-order valence-electron chi connectivity index (χ2n) is 4.88. The van der Waals surface area contributed by atoms with Crippen molar-refractivity contribution in [1.29, 1.82) is 0 Å². The number of nitrogens with zero attached hydrogens (tertiary/aromatic N) is 1. The highest BCUT2D eigenvalue weighted by Gasteiger charge is 2.35. The van der Waals surface area contributed by atoms with Crippen LogP contribution in [-0.2, 0) is 9.59 Å². The maximum atomic E-state index is 12.3. The molecule has 1 unspecified atom stereocenters. The van der Waals surface area contributed by atoms with Crippen molar-refractivity contribution in [3.63, 3.8) is 0 Å². The maximum Gasteiger partial charge on any atom is 0.326 e. The van der Waals surface area contributed by atoms with Crippen LogP contribution in [-0.4, -0.2) is 47.1 Å². The average molecular weight is 240 g/mol. The molecule has 0 aliphatic carbocycles. The minimum atomic E-state index is -0.867. The Hall–Kier alpha value is -1.10. The van der Waals surface area contributed by atoms with E-state index >= 15 is 0 Å². The van der Waals surface area contributed by atoms with Gasteiger partial charge in [-0.3, -0.25) is 4.79 Å². The Kier molecular flexibility index (Phi) is 3.99. The number of aliphatic carboxylic acids is 1. The second kappa shape index (κ2) is 5.49. The molecule has 2 N–H and O–H groups in total. The number of likely N-dealkylation sites (tertiary alicyclic amines) is 1. The lowest BCUT2D eigenvalue weighted by Gasteiger charge is -2.36. The third kappa shape index (κ3) is 2.77. The molecule has 0 bridgehead atoms. The molecule has 2 aliphatic heterocycles. The summed E-state index contributed by atoms with van der Waals surface area (Å²) in [5.74, 6) is -0.884. The Morgan fingerprint density at radius 3 is 2.53 bits per heavy atom. The highest BCUT2D eigenvalue weighted by molar-refractivity contribution is 5.87. The fraction of sp³-hybridized carbons (Fsp3) is 0.833. The van der Waals surface area contributed by atoms with Crippen LogP contribution in [0.25, 0.3) is 0 Å². The smallest absolute Gasteiger partial charge is 0.326 e. The standard InChI is InChI=1S/C12H20N2O3/c15-11(9-5-1-3-7-13-9)14-8-4-2-6-10(14)12(16)17/h9-10,13H,1-8H2,(H,16,17)/t9?,10-/m1/s1. The van der Waals surface area contributed by atoms with E-state index in [2.05, 4.69) is 5.32 Å². The van der Waals surface area contributed by atoms with Gasteiger partial charge in [0.15, 0.2) is 0 Å². The first-order valence-corrected chi connectivity index (χ1v) is 6.47. The number of rotatable bonds is 2. The molecule has 2 fully saturated rings. The Labute approximate surface area is 101 Å². The molecule has 2 saturated heterocycles. The van der Waals surface area contributed by atoms with Gasteiger partial charge in [-0.2, -0.15) is 0 Å². The quantitative estimate of drug-likeness (QED) is 0.741. The predicted molar refractivity (Wildman–Crippen MR) is 62.6 cm³/mol. The van der Waals surface area contributed by atoms with Crippen LogP contribution in [0.1, 0.15) is 38.5 Å². The van der Waals surface area contributed by atoms with E-state index in [0.29, 0.717) is 13.0 Å². The zero-order valence-corrected chi connectivity index (χ0v) is 10.0. The second-order valence-corrected chi connectivity index (χ2v) is 4.88. The van der Waals surface area contributed by atoms with E-state index in [1.165, 1.54) is 0 Å². The molecule has 0 saturated carbocycles. The first-order chi connectivity index (χ1) is 8.20. The molecule has 2 rings (SSSR count). The zero-order valence-electron chi connectivity index (χ0n) is 10.0. The molecular weight excluding hydrogens is 220 g/mol. The molecule has 0 spiro atoms. The molecule has 1 amide bonds. The van der Waals surface area contributed by atoms with Crippen molar-refractivity contribution in [2.45, 2.75) is 50.6 Å². The summed E-state index contributed by atoms with van der Waals surface area (Å²) in [7, 11) is 0. The van der Waals surface area contributed by atoms with E-state index in [1.807, 2.05) is 0 Å². The summed E-state index contributed by atoms with van der Waals surface area (Å²) in [5, 5.41) is 12.3. The van der Waals surface area contributed by atoms with Gasteiger partial charge in [-0.25, -0.2) is 4.79 Å². The van der Waals surface area contributed by atoms with Crippen molar-refractivity contribution in [3.05, 3.63) is 0 Å². The normalized spacial score (nSPS) is 30.0. The third-order valence-electron chi connectivity index (χ3n) is 3.68. The number of carbonyl (C=O) groups excluding carboxylic acids is 1. The van der Waals surface area contributed by atoms with Crippen LogP contribution in [0.5, 0.6) is 0 Å². The van der Waals surface area contributed by atoms with Gasteiger partial charge in [-0.15, -0.1) is 0 Å². The van der Waals surface area contributed by atoms with E-state index in [1.54, 1.807) is 4.90 Å². The number of hydrogen-bond acceptors (Lipinski definition) is 3. The largest absolute Gasteiger partial charge is 0.480 e. The van der Waals surface area contributed by atoms with Gasteiger partial charge >= 0.3 is 5.97 Å². The molecule has 2 aliphatic rings. The van der Waals surface area contributed by atoms with Gasteiger partial charge in [-0.05, 0) is 38.6 Å². The molecular formula is C12H20N2O3. The molecule has 2 atom stereocenters. The number of carboxylic acids is 1. The van der Waals surface area contributed by atoms with E-state index in [9.17, 15) is 9.59 Å². The average Bonchev–Trinajstić information content (AvgIpc) is 2.39. The first kappa shape index (κ1) is 12.4. The monoisotopic (exact) mass is 240 g/mol. The Morgan fingerprint density at radius 1 is 1.12 bits per heavy atom. The van der Waals surface area contributed by atoms with E-state index in [4.69, 9.17) is 5.11 Å². The van der Waals surface area contributed by atoms with Crippen molar-refractivity contribution in [1.82, 2.24) is 10.2 Å². The van der Waals surface area contributed by atoms with Gasteiger partial charge in [-0.1, -0.05) is 6.42 Å². The summed E-state index contributed by atoms with van der Waals surface area (Å²) < 4.78 is 0. The Morgan fingerprint density at radius 2 is 1.88 bits per heavy atom. The lowest BCUT2D eigenvalue weighted by Crippen LogP contribution is -2.55. The number of carboxylic acid groups (broad SMARTS) is 1. The zero-order chi connectivity index (χ0) is 12.3. The van der Waals surface area contributed by atoms with E-state index in [-0.39, 0.29) is 11.9 Å². The van der Waals surface area contributed by atoms with E-state index in [0.717, 1.165) is 38.6 Å². The molecule has 0 aromatic carbocycles. The van der Waals surface area contributed by atoms with Crippen molar-refractivity contribution in [2.75, 3.05) is 13.1 Å². The molecule has 17 heavy (non-hydrogen) atoms. The van der Waals surface area contributed by atoms with Crippen LogP contribution in [0.3, 0.4) is 0 Å². The maximum absolute atomic E-state index is 12.3. The molecule has 5 nitrogen and oxygen atoms in total. The molecule has 0 aromatic heterocycles. The summed E-state index contributed by atoms with van der Waals surface area (Å²) in [6.07, 6.45) is 5.40. The molecule has 2 heterocycles. The predicted octanol–water partition coefficient (Wildman–Crippen LogP) is 0.594. The minimum Gasteiger partial charge on any atom is -0.480 e. The van der Waals surface area contributed by atoms with Crippen molar-refractivity contribution in [3.8, 4) is 0 Å². The van der Waals surface area contributed by atoms with Gasteiger partial charge in [0.25, 0.3) is 0 Å². The fourth-order valence-electron chi connectivity index (χ4n) is 2.71. The number of hydrogen-bond donors (Lipinski definition) is 2. The van der Waals surface area contributed by atoms with Gasteiger partial charge in [0, 0.05) is 6.54 Å². The summed E-state index contributed by atoms with van der Waals surface area (Å²) in [6, 6.07) is -0.774. The SMILES string of the molecule is O=C(O)[C@H]1CCCCN1C(=O)C1CCCCN1. The van der Waals surface area contributed by atoms with Gasteiger partial charge in [0.05, 0.1) is 6.04 Å². The van der Waals surface area contributed by atoms with Crippen molar-refractivity contribution < 1.29 is 14.7 Å². The number of carbonyl (C=O) groups is 2. The van der Waals surface area contributed by atoms with Gasteiger partial charge in [0.1, 0.15) is 6.04 Å². The lowest BCUT2D eigenvalue weighted by molar-refractivity contribution is -0.153. The van der Waals surface area contributed by atoms with Crippen LogP contribution in [0.4, 0.5) is 0 Å². The first-order valence-electron chi connectivity index (χ1n) is 6.47. The lowest BCUT2D eigenvalue weighted by atomic mass is 9.98. The highest BCUT2D eigenvalue weighted by atomic mass is 16.4. The van der Waals surface area contributed by atoms with Crippen LogP contribution < -0.4 is 5.32 Å². The number of piperidine rings is 2. The van der Waals surface area contributed by atoms with Gasteiger partial charge in [0.2, 0.25) is 5.91 Å². The summed E-state index contributed by atoms with van der Waals surface area (Å²) in [5.41, 5.74) is 0. The highest BCUT2D eigenvalue weighted by Crippen LogP contribution is 2.20. The number of amides is 1. The summed E-state index contributed by atoms with van der Waals surface area (Å²) >= 11 is 0. The topological polar surface area (TPSA) is 69.6 Å². The van der Waals surface area contributed by atoms with E-state index < -0.39 is 12.0 Å². The number of nitrogens with one attached hydrogen (secondary N) is 1.